The van der Waals surface area contributed by atoms with Gasteiger partial charge in [0.15, 0.2) is 0 Å². The molecule has 0 aliphatic carbocycles. The minimum atomic E-state index is -4.29. The maximum atomic E-state index is 12.8. The van der Waals surface area contributed by atoms with Crippen LogP contribution < -0.4 is 0 Å². The molecule has 160 valence electrons. The molecule has 2 aromatic rings. The van der Waals surface area contributed by atoms with E-state index in [4.69, 9.17) is 0 Å². The van der Waals surface area contributed by atoms with Crippen LogP contribution >= 0.6 is 0 Å². The molecule has 1 amide bonds. The zero-order chi connectivity index (χ0) is 21.1. The van der Waals surface area contributed by atoms with Gasteiger partial charge in [-0.1, -0.05) is 36.4 Å². The van der Waals surface area contributed by atoms with Gasteiger partial charge >= 0.3 is 6.18 Å². The van der Waals surface area contributed by atoms with Crippen molar-refractivity contribution in [2.45, 2.75) is 44.9 Å². The van der Waals surface area contributed by atoms with Gasteiger partial charge in [0.25, 0.3) is 0 Å². The summed E-state index contributed by atoms with van der Waals surface area (Å²) < 4.78 is 38.1. The van der Waals surface area contributed by atoms with Crippen molar-refractivity contribution < 1.29 is 18.0 Å². The standard InChI is InChI=1S/C24H27F3N2O/c25-24(26,27)22-7-5-19(6-8-22)16-28-12-9-18(10-13-28)15-23(30)29-14-11-20-3-1-2-4-21(20)17-29/h1-8,18H,9-17H2. The second kappa shape index (κ2) is 8.80. The van der Waals surface area contributed by atoms with Crippen molar-refractivity contribution in [3.05, 3.63) is 70.8 Å². The van der Waals surface area contributed by atoms with E-state index in [0.29, 0.717) is 25.4 Å². The average Bonchev–Trinajstić information content (AvgIpc) is 2.74. The lowest BCUT2D eigenvalue weighted by Gasteiger charge is -2.34. The highest BCUT2D eigenvalue weighted by Gasteiger charge is 2.30. The van der Waals surface area contributed by atoms with Gasteiger partial charge in [0.05, 0.1) is 5.56 Å². The molecule has 0 N–H and O–H groups in total. The number of likely N-dealkylation sites (tertiary alicyclic amines) is 1. The molecule has 6 heteroatoms. The summed E-state index contributed by atoms with van der Waals surface area (Å²) in [6.45, 7) is 3.91. The first-order valence-corrected chi connectivity index (χ1v) is 10.6. The first-order valence-electron chi connectivity index (χ1n) is 10.6. The van der Waals surface area contributed by atoms with Gasteiger partial charge in [-0.25, -0.2) is 0 Å². The number of benzene rings is 2. The topological polar surface area (TPSA) is 23.6 Å². The van der Waals surface area contributed by atoms with Crippen molar-refractivity contribution in [2.24, 2.45) is 5.92 Å². The molecule has 0 unspecified atom stereocenters. The van der Waals surface area contributed by atoms with E-state index < -0.39 is 11.7 Å². The number of hydrogen-bond acceptors (Lipinski definition) is 2. The van der Waals surface area contributed by atoms with Gasteiger partial charge in [-0.15, -0.1) is 0 Å². The van der Waals surface area contributed by atoms with E-state index in [1.54, 1.807) is 12.1 Å². The zero-order valence-corrected chi connectivity index (χ0v) is 17.0. The number of alkyl halides is 3. The Kier molecular flexibility index (Phi) is 6.14. The monoisotopic (exact) mass is 416 g/mol. The molecule has 4 rings (SSSR count). The third kappa shape index (κ3) is 5.04. The third-order valence-corrected chi connectivity index (χ3v) is 6.34. The summed E-state index contributed by atoms with van der Waals surface area (Å²) in [6, 6.07) is 13.8. The second-order valence-corrected chi connectivity index (χ2v) is 8.45. The highest BCUT2D eigenvalue weighted by Crippen LogP contribution is 2.30. The summed E-state index contributed by atoms with van der Waals surface area (Å²) >= 11 is 0. The van der Waals surface area contributed by atoms with Gasteiger partial charge in [-0.3, -0.25) is 9.69 Å². The molecular formula is C24H27F3N2O. The molecule has 2 aliphatic heterocycles. The van der Waals surface area contributed by atoms with Gasteiger partial charge in [0.1, 0.15) is 0 Å². The SMILES string of the molecule is O=C(CC1CCN(Cc2ccc(C(F)(F)F)cc2)CC1)N1CCc2ccccc2C1. The summed E-state index contributed by atoms with van der Waals surface area (Å²) in [7, 11) is 0. The summed E-state index contributed by atoms with van der Waals surface area (Å²) in [5.41, 5.74) is 2.88. The highest BCUT2D eigenvalue weighted by molar-refractivity contribution is 5.76. The molecule has 3 nitrogen and oxygen atoms in total. The van der Waals surface area contributed by atoms with Crippen molar-refractivity contribution in [1.29, 1.82) is 0 Å². The number of carbonyl (C=O) groups excluding carboxylic acids is 1. The number of carbonyl (C=O) groups is 1. The van der Waals surface area contributed by atoms with Crippen molar-refractivity contribution >= 4 is 5.91 Å². The van der Waals surface area contributed by atoms with E-state index in [0.717, 1.165) is 56.6 Å². The van der Waals surface area contributed by atoms with E-state index >= 15 is 0 Å². The Labute approximate surface area is 175 Å². The van der Waals surface area contributed by atoms with Crippen molar-refractivity contribution in [2.75, 3.05) is 19.6 Å². The predicted molar refractivity (Wildman–Crippen MR) is 110 cm³/mol. The van der Waals surface area contributed by atoms with E-state index in [1.165, 1.54) is 11.1 Å². The molecule has 1 fully saturated rings. The smallest absolute Gasteiger partial charge is 0.338 e. The summed E-state index contributed by atoms with van der Waals surface area (Å²) in [5.74, 6) is 0.629. The number of piperidine rings is 1. The van der Waals surface area contributed by atoms with Gasteiger partial charge in [-0.05, 0) is 67.1 Å². The summed E-state index contributed by atoms with van der Waals surface area (Å²) in [5, 5.41) is 0. The molecule has 2 heterocycles. The van der Waals surface area contributed by atoms with E-state index in [-0.39, 0.29) is 5.91 Å². The summed E-state index contributed by atoms with van der Waals surface area (Å²) in [6.07, 6.45) is -0.864. The molecule has 1 saturated heterocycles. The van der Waals surface area contributed by atoms with Gasteiger partial charge in [-0.2, -0.15) is 13.2 Å². The normalized spacial score (nSPS) is 18.3. The lowest BCUT2D eigenvalue weighted by atomic mass is 9.92. The minimum absolute atomic E-state index is 0.241. The largest absolute Gasteiger partial charge is 0.416 e. The molecule has 0 bridgehead atoms. The van der Waals surface area contributed by atoms with E-state index in [2.05, 4.69) is 23.1 Å². The van der Waals surface area contributed by atoms with Crippen LogP contribution in [-0.2, 0) is 30.5 Å². The Morgan fingerprint density at radius 2 is 1.60 bits per heavy atom. The van der Waals surface area contributed by atoms with E-state index in [9.17, 15) is 18.0 Å². The Morgan fingerprint density at radius 1 is 0.933 bits per heavy atom. The molecule has 2 aliphatic rings. The van der Waals surface area contributed by atoms with Gasteiger partial charge in [0, 0.05) is 26.1 Å². The summed E-state index contributed by atoms with van der Waals surface area (Å²) in [4.78, 5) is 17.0. The van der Waals surface area contributed by atoms with Crippen molar-refractivity contribution in [1.82, 2.24) is 9.80 Å². The predicted octanol–water partition coefficient (Wildman–Crippen LogP) is 4.89. The lowest BCUT2D eigenvalue weighted by molar-refractivity contribution is -0.137. The molecule has 0 saturated carbocycles. The Morgan fingerprint density at radius 3 is 2.27 bits per heavy atom. The molecule has 0 spiro atoms. The number of halogens is 3. The maximum absolute atomic E-state index is 12.8. The third-order valence-electron chi connectivity index (χ3n) is 6.34. The van der Waals surface area contributed by atoms with Crippen LogP contribution in [0.4, 0.5) is 13.2 Å². The molecule has 0 aromatic heterocycles. The van der Waals surface area contributed by atoms with Crippen LogP contribution in [0, 0.1) is 5.92 Å². The number of fused-ring (bicyclic) bond motifs is 1. The van der Waals surface area contributed by atoms with E-state index in [1.807, 2.05) is 11.0 Å². The Balaban J connectivity index is 1.23. The molecule has 30 heavy (non-hydrogen) atoms. The van der Waals surface area contributed by atoms with Crippen LogP contribution in [0.5, 0.6) is 0 Å². The second-order valence-electron chi connectivity index (χ2n) is 8.45. The minimum Gasteiger partial charge on any atom is -0.338 e. The Bertz CT molecular complexity index is 871. The maximum Gasteiger partial charge on any atom is 0.416 e. The fraction of sp³-hybridized carbons (Fsp3) is 0.458. The number of amides is 1. The van der Waals surface area contributed by atoms with Crippen LogP contribution in [0.2, 0.25) is 0 Å². The van der Waals surface area contributed by atoms with Crippen LogP contribution in [0.15, 0.2) is 48.5 Å². The first kappa shape index (κ1) is 20.9. The van der Waals surface area contributed by atoms with Crippen molar-refractivity contribution in [3.63, 3.8) is 0 Å². The van der Waals surface area contributed by atoms with Crippen LogP contribution in [-0.4, -0.2) is 35.3 Å². The average molecular weight is 416 g/mol. The molecule has 0 atom stereocenters. The quantitative estimate of drug-likeness (QED) is 0.708. The fourth-order valence-corrected chi connectivity index (χ4v) is 4.49. The van der Waals surface area contributed by atoms with Crippen LogP contribution in [0.25, 0.3) is 0 Å². The molecule has 0 radical (unpaired) electrons. The fourth-order valence-electron chi connectivity index (χ4n) is 4.49. The number of nitrogens with zero attached hydrogens (tertiary/aromatic N) is 2. The zero-order valence-electron chi connectivity index (χ0n) is 17.0. The molecular weight excluding hydrogens is 389 g/mol. The lowest BCUT2D eigenvalue weighted by Crippen LogP contribution is -2.39. The Hall–Kier alpha value is -2.34. The van der Waals surface area contributed by atoms with Crippen LogP contribution in [0.3, 0.4) is 0 Å². The molecule has 2 aromatic carbocycles. The van der Waals surface area contributed by atoms with Gasteiger partial charge in [0.2, 0.25) is 5.91 Å². The van der Waals surface area contributed by atoms with Gasteiger partial charge < -0.3 is 4.90 Å². The first-order chi connectivity index (χ1) is 14.4. The number of hydrogen-bond donors (Lipinski definition) is 0. The highest BCUT2D eigenvalue weighted by atomic mass is 19.4. The van der Waals surface area contributed by atoms with Crippen molar-refractivity contribution in [3.8, 4) is 0 Å². The van der Waals surface area contributed by atoms with Crippen LogP contribution in [0.1, 0.15) is 41.5 Å². The number of rotatable bonds is 4.